The van der Waals surface area contributed by atoms with Crippen LogP contribution in [0.15, 0.2) is 91.1 Å². The summed E-state index contributed by atoms with van der Waals surface area (Å²) in [7, 11) is 0. The van der Waals surface area contributed by atoms with Crippen molar-refractivity contribution in [2.45, 2.75) is 0 Å². The van der Waals surface area contributed by atoms with Gasteiger partial charge in [-0.05, 0) is 30.3 Å². The van der Waals surface area contributed by atoms with Gasteiger partial charge in [0.05, 0.1) is 16.8 Å². The number of pyridine rings is 1. The lowest BCUT2D eigenvalue weighted by atomic mass is 10.1. The van der Waals surface area contributed by atoms with Crippen molar-refractivity contribution in [1.82, 2.24) is 4.98 Å². The zero-order valence-corrected chi connectivity index (χ0v) is 13.9. The lowest BCUT2D eigenvalue weighted by molar-refractivity contribution is 0.324. The van der Waals surface area contributed by atoms with Crippen molar-refractivity contribution in [3.8, 4) is 11.8 Å². The predicted molar refractivity (Wildman–Crippen MR) is 102 cm³/mol. The van der Waals surface area contributed by atoms with Gasteiger partial charge in [0.2, 0.25) is 0 Å². The topological polar surface area (TPSA) is 49.2 Å². The van der Waals surface area contributed by atoms with Crippen molar-refractivity contribution in [1.29, 1.82) is 5.26 Å². The Balaban J connectivity index is 1.95. The fourth-order valence-corrected chi connectivity index (χ4v) is 2.80. The quantitative estimate of drug-likeness (QED) is 0.478. The Morgan fingerprint density at radius 3 is 2.19 bits per heavy atom. The number of fused-ring (bicyclic) bond motifs is 1. The SMILES string of the molecule is N#Cc1cnc2ccccc2c1N(Oc1ccccc1)c1ccccc1. The zero-order chi connectivity index (χ0) is 17.8. The van der Waals surface area contributed by atoms with E-state index < -0.39 is 0 Å². The van der Waals surface area contributed by atoms with E-state index in [9.17, 15) is 5.26 Å². The molecular weight excluding hydrogens is 322 g/mol. The van der Waals surface area contributed by atoms with Crippen LogP contribution in [0.2, 0.25) is 0 Å². The minimum atomic E-state index is 0.448. The van der Waals surface area contributed by atoms with E-state index in [0.29, 0.717) is 17.0 Å². The lowest BCUT2D eigenvalue weighted by Gasteiger charge is -2.26. The Labute approximate surface area is 151 Å². The molecule has 1 aromatic heterocycles. The van der Waals surface area contributed by atoms with Crippen molar-refractivity contribution in [3.05, 3.63) is 96.7 Å². The molecule has 4 aromatic rings. The minimum Gasteiger partial charge on any atom is -0.375 e. The molecule has 0 saturated heterocycles. The highest BCUT2D eigenvalue weighted by Crippen LogP contribution is 2.35. The first kappa shape index (κ1) is 15.7. The molecule has 0 fully saturated rings. The highest BCUT2D eigenvalue weighted by Gasteiger charge is 2.19. The standard InChI is InChI=1S/C22H15N3O/c23-15-17-16-24-21-14-8-7-13-20(21)22(17)25(18-9-3-1-4-10-18)26-19-11-5-2-6-12-19/h1-14,16H. The highest BCUT2D eigenvalue weighted by molar-refractivity contribution is 5.96. The van der Waals surface area contributed by atoms with E-state index in [-0.39, 0.29) is 0 Å². The monoisotopic (exact) mass is 337 g/mol. The molecule has 0 spiro atoms. The summed E-state index contributed by atoms with van der Waals surface area (Å²) in [4.78, 5) is 10.6. The number of aromatic nitrogens is 1. The molecule has 0 aliphatic carbocycles. The number of hydrogen-bond acceptors (Lipinski definition) is 4. The van der Waals surface area contributed by atoms with Gasteiger partial charge < -0.3 is 4.84 Å². The lowest BCUT2D eigenvalue weighted by Crippen LogP contribution is -2.23. The van der Waals surface area contributed by atoms with Crippen LogP contribution < -0.4 is 9.90 Å². The molecule has 124 valence electrons. The van der Waals surface area contributed by atoms with Gasteiger partial charge in [-0.2, -0.15) is 10.3 Å². The van der Waals surface area contributed by atoms with Crippen LogP contribution in [0.4, 0.5) is 11.4 Å². The van der Waals surface area contributed by atoms with E-state index in [0.717, 1.165) is 16.6 Å². The number of rotatable bonds is 4. The third-order valence-corrected chi connectivity index (χ3v) is 4.00. The van der Waals surface area contributed by atoms with E-state index in [1.807, 2.05) is 84.9 Å². The number of para-hydroxylation sites is 3. The summed E-state index contributed by atoms with van der Waals surface area (Å²) < 4.78 is 0. The summed E-state index contributed by atoms with van der Waals surface area (Å²) in [6.07, 6.45) is 1.59. The second-order valence-corrected chi connectivity index (χ2v) is 5.68. The average molecular weight is 337 g/mol. The van der Waals surface area contributed by atoms with Crippen LogP contribution >= 0.6 is 0 Å². The molecule has 0 aliphatic rings. The maximum Gasteiger partial charge on any atom is 0.155 e. The molecule has 26 heavy (non-hydrogen) atoms. The van der Waals surface area contributed by atoms with Crippen LogP contribution in [-0.2, 0) is 0 Å². The third kappa shape index (κ3) is 2.94. The molecule has 3 aromatic carbocycles. The maximum atomic E-state index is 9.67. The normalized spacial score (nSPS) is 10.3. The predicted octanol–water partition coefficient (Wildman–Crippen LogP) is 5.24. The van der Waals surface area contributed by atoms with Crippen LogP contribution in [0, 0.1) is 11.3 Å². The first-order valence-electron chi connectivity index (χ1n) is 8.23. The van der Waals surface area contributed by atoms with Crippen molar-refractivity contribution in [2.75, 3.05) is 5.06 Å². The van der Waals surface area contributed by atoms with E-state index in [2.05, 4.69) is 11.1 Å². The van der Waals surface area contributed by atoms with Gasteiger partial charge in [-0.1, -0.05) is 54.6 Å². The molecule has 0 radical (unpaired) electrons. The van der Waals surface area contributed by atoms with Crippen LogP contribution in [0.25, 0.3) is 10.9 Å². The number of nitrogens with zero attached hydrogens (tertiary/aromatic N) is 3. The summed E-state index contributed by atoms with van der Waals surface area (Å²) in [6, 6.07) is 29.2. The fraction of sp³-hybridized carbons (Fsp3) is 0. The van der Waals surface area contributed by atoms with Crippen molar-refractivity contribution >= 4 is 22.3 Å². The van der Waals surface area contributed by atoms with Crippen LogP contribution in [-0.4, -0.2) is 4.98 Å². The van der Waals surface area contributed by atoms with E-state index >= 15 is 0 Å². The molecule has 1 heterocycles. The number of anilines is 2. The molecule has 4 rings (SSSR count). The molecule has 0 saturated carbocycles. The fourth-order valence-electron chi connectivity index (χ4n) is 2.80. The second-order valence-electron chi connectivity index (χ2n) is 5.68. The zero-order valence-electron chi connectivity index (χ0n) is 13.9. The Hall–Kier alpha value is -3.84. The summed E-state index contributed by atoms with van der Waals surface area (Å²) in [5.41, 5.74) is 2.75. The molecule has 0 amide bonds. The van der Waals surface area contributed by atoms with Gasteiger partial charge in [0.15, 0.2) is 5.75 Å². The second kappa shape index (κ2) is 6.96. The van der Waals surface area contributed by atoms with Gasteiger partial charge in [-0.3, -0.25) is 4.98 Å². The van der Waals surface area contributed by atoms with Crippen LogP contribution in [0.1, 0.15) is 5.56 Å². The summed E-state index contributed by atoms with van der Waals surface area (Å²) in [6.45, 7) is 0. The average Bonchev–Trinajstić information content (AvgIpc) is 2.73. The molecule has 4 heteroatoms. The Bertz CT molecular complexity index is 1070. The third-order valence-electron chi connectivity index (χ3n) is 4.00. The van der Waals surface area contributed by atoms with Gasteiger partial charge in [-0.25, -0.2) is 0 Å². The molecule has 0 bridgehead atoms. The van der Waals surface area contributed by atoms with Crippen LogP contribution in [0.5, 0.6) is 5.75 Å². The first-order valence-corrected chi connectivity index (χ1v) is 8.23. The van der Waals surface area contributed by atoms with Gasteiger partial charge in [0.1, 0.15) is 11.8 Å². The van der Waals surface area contributed by atoms with E-state index in [1.165, 1.54) is 0 Å². The van der Waals surface area contributed by atoms with Crippen molar-refractivity contribution in [3.63, 3.8) is 0 Å². The van der Waals surface area contributed by atoms with Gasteiger partial charge in [0, 0.05) is 11.6 Å². The Morgan fingerprint density at radius 1 is 0.808 bits per heavy atom. The minimum absolute atomic E-state index is 0.448. The molecule has 0 N–H and O–H groups in total. The number of benzene rings is 3. The van der Waals surface area contributed by atoms with E-state index in [1.54, 1.807) is 11.3 Å². The molecule has 0 unspecified atom stereocenters. The maximum absolute atomic E-state index is 9.67. The van der Waals surface area contributed by atoms with Gasteiger partial charge in [-0.15, -0.1) is 0 Å². The first-order chi connectivity index (χ1) is 12.9. The smallest absolute Gasteiger partial charge is 0.155 e. The summed E-state index contributed by atoms with van der Waals surface area (Å²) in [5.74, 6) is 0.682. The molecule has 0 atom stereocenters. The van der Waals surface area contributed by atoms with Gasteiger partial charge >= 0.3 is 0 Å². The molecule has 4 nitrogen and oxygen atoms in total. The molecule has 0 aliphatic heterocycles. The number of hydrogen-bond donors (Lipinski definition) is 0. The Kier molecular flexibility index (Phi) is 4.19. The summed E-state index contributed by atoms with van der Waals surface area (Å²) >= 11 is 0. The highest BCUT2D eigenvalue weighted by atomic mass is 16.7. The van der Waals surface area contributed by atoms with Gasteiger partial charge in [0.25, 0.3) is 0 Å². The molecular formula is C22H15N3O. The largest absolute Gasteiger partial charge is 0.375 e. The Morgan fingerprint density at radius 2 is 1.46 bits per heavy atom. The summed E-state index contributed by atoms with van der Waals surface area (Å²) in [5, 5.41) is 12.2. The van der Waals surface area contributed by atoms with Crippen LogP contribution in [0.3, 0.4) is 0 Å². The van der Waals surface area contributed by atoms with Crippen molar-refractivity contribution in [2.24, 2.45) is 0 Å². The van der Waals surface area contributed by atoms with Crippen molar-refractivity contribution < 1.29 is 4.84 Å². The van der Waals surface area contributed by atoms with E-state index in [4.69, 9.17) is 4.84 Å². The number of nitriles is 1.